The molecule has 5 unspecified atom stereocenters. The molecule has 3 rings (SSSR count). The molecule has 0 aromatic heterocycles. The van der Waals surface area contributed by atoms with Crippen LogP contribution in [0.1, 0.15) is 37.8 Å². The second-order valence-corrected chi connectivity index (χ2v) is 6.47. The van der Waals surface area contributed by atoms with Gasteiger partial charge in [0.15, 0.2) is 0 Å². The van der Waals surface area contributed by atoms with Crippen LogP contribution in [0.5, 0.6) is 0 Å². The lowest BCUT2D eigenvalue weighted by Gasteiger charge is -2.34. The number of carbonyl (C=O) groups excluding carboxylic acids is 1. The van der Waals surface area contributed by atoms with Crippen LogP contribution in [-0.2, 0) is 4.79 Å². The normalized spacial score (nSPS) is 33.1. The van der Waals surface area contributed by atoms with Gasteiger partial charge in [0.25, 0.3) is 0 Å². The summed E-state index contributed by atoms with van der Waals surface area (Å²) in [5.41, 5.74) is 7.47. The number of nitrogens with zero attached hydrogens (tertiary/aromatic N) is 1. The van der Waals surface area contributed by atoms with E-state index in [1.807, 2.05) is 30.1 Å². The van der Waals surface area contributed by atoms with Crippen LogP contribution >= 0.6 is 0 Å². The van der Waals surface area contributed by atoms with Gasteiger partial charge >= 0.3 is 0 Å². The van der Waals surface area contributed by atoms with Gasteiger partial charge in [-0.05, 0) is 43.6 Å². The maximum absolute atomic E-state index is 12.8. The molecule has 2 fully saturated rings. The van der Waals surface area contributed by atoms with Crippen LogP contribution in [0, 0.1) is 17.8 Å². The highest BCUT2D eigenvalue weighted by atomic mass is 16.2. The summed E-state index contributed by atoms with van der Waals surface area (Å²) in [6, 6.07) is 10.4. The van der Waals surface area contributed by atoms with Crippen molar-refractivity contribution in [2.45, 2.75) is 38.3 Å². The van der Waals surface area contributed by atoms with Crippen LogP contribution < -0.4 is 5.73 Å². The Balaban J connectivity index is 1.74. The number of rotatable bonds is 3. The molecule has 5 atom stereocenters. The zero-order chi connectivity index (χ0) is 14.3. The highest BCUT2D eigenvalue weighted by Gasteiger charge is 2.50. The number of carbonyl (C=O) groups is 1. The minimum atomic E-state index is 0.0462. The lowest BCUT2D eigenvalue weighted by molar-refractivity contribution is -0.138. The lowest BCUT2D eigenvalue weighted by Crippen LogP contribution is -2.46. The van der Waals surface area contributed by atoms with Gasteiger partial charge in [0.2, 0.25) is 5.91 Å². The Bertz CT molecular complexity index is 485. The fourth-order valence-electron chi connectivity index (χ4n) is 4.08. The van der Waals surface area contributed by atoms with Gasteiger partial charge in [-0.25, -0.2) is 0 Å². The molecule has 20 heavy (non-hydrogen) atoms. The zero-order valence-electron chi connectivity index (χ0n) is 12.3. The Labute approximate surface area is 121 Å². The molecule has 0 radical (unpaired) electrons. The van der Waals surface area contributed by atoms with Crippen molar-refractivity contribution in [2.75, 3.05) is 7.05 Å². The molecule has 3 nitrogen and oxygen atoms in total. The standard InChI is InChI=1S/C17H24N2O/c1-11(12-6-4-3-5-7-12)19(2)17(20)15-13-8-9-14(10-13)16(15)18/h3-7,11,13-16H,8-10,18H2,1-2H3. The van der Waals surface area contributed by atoms with Crippen molar-refractivity contribution in [1.29, 1.82) is 0 Å². The monoisotopic (exact) mass is 272 g/mol. The molecule has 1 aromatic rings. The number of benzene rings is 1. The Kier molecular flexibility index (Phi) is 3.55. The molecule has 2 saturated carbocycles. The van der Waals surface area contributed by atoms with Crippen molar-refractivity contribution in [1.82, 2.24) is 4.90 Å². The molecule has 0 saturated heterocycles. The van der Waals surface area contributed by atoms with Gasteiger partial charge < -0.3 is 10.6 Å². The molecule has 2 aliphatic carbocycles. The van der Waals surface area contributed by atoms with Crippen LogP contribution in [0.15, 0.2) is 30.3 Å². The molecule has 0 spiro atoms. The molecule has 108 valence electrons. The number of hydrogen-bond acceptors (Lipinski definition) is 2. The third-order valence-corrected chi connectivity index (χ3v) is 5.48. The van der Waals surface area contributed by atoms with E-state index < -0.39 is 0 Å². The van der Waals surface area contributed by atoms with E-state index in [0.29, 0.717) is 11.8 Å². The Hall–Kier alpha value is -1.35. The molecule has 0 heterocycles. The molecule has 2 bridgehead atoms. The molecule has 2 N–H and O–H groups in total. The van der Waals surface area contributed by atoms with E-state index in [1.165, 1.54) is 18.4 Å². The molecule has 2 aliphatic rings. The molecule has 1 amide bonds. The minimum Gasteiger partial charge on any atom is -0.339 e. The summed E-state index contributed by atoms with van der Waals surface area (Å²) in [5.74, 6) is 1.38. The predicted octanol–water partition coefficient (Wildman–Crippen LogP) is 2.58. The summed E-state index contributed by atoms with van der Waals surface area (Å²) in [5, 5.41) is 0. The first kappa shape index (κ1) is 13.6. The largest absolute Gasteiger partial charge is 0.339 e. The third-order valence-electron chi connectivity index (χ3n) is 5.48. The quantitative estimate of drug-likeness (QED) is 0.919. The number of nitrogens with two attached hydrogens (primary N) is 1. The highest BCUT2D eigenvalue weighted by molar-refractivity contribution is 5.80. The molecular formula is C17H24N2O. The Morgan fingerprint density at radius 2 is 1.90 bits per heavy atom. The van der Waals surface area contributed by atoms with Gasteiger partial charge in [0, 0.05) is 13.1 Å². The maximum Gasteiger partial charge on any atom is 0.227 e. The Morgan fingerprint density at radius 1 is 1.25 bits per heavy atom. The maximum atomic E-state index is 12.8. The second-order valence-electron chi connectivity index (χ2n) is 6.47. The van der Waals surface area contributed by atoms with Gasteiger partial charge in [-0.1, -0.05) is 30.3 Å². The Morgan fingerprint density at radius 3 is 2.50 bits per heavy atom. The van der Waals surface area contributed by atoms with Crippen LogP contribution in [0.2, 0.25) is 0 Å². The van der Waals surface area contributed by atoms with Crippen LogP contribution in [-0.4, -0.2) is 23.9 Å². The topological polar surface area (TPSA) is 46.3 Å². The van der Waals surface area contributed by atoms with E-state index in [4.69, 9.17) is 5.73 Å². The SMILES string of the molecule is CC(c1ccccc1)N(C)C(=O)C1C2CCC(C2)C1N. The zero-order valence-corrected chi connectivity index (χ0v) is 12.3. The smallest absolute Gasteiger partial charge is 0.227 e. The average Bonchev–Trinajstić information content (AvgIpc) is 3.07. The van der Waals surface area contributed by atoms with Gasteiger partial charge in [0.05, 0.1) is 12.0 Å². The molecule has 3 heteroatoms. The summed E-state index contributed by atoms with van der Waals surface area (Å²) < 4.78 is 0. The van der Waals surface area contributed by atoms with Crippen molar-refractivity contribution in [2.24, 2.45) is 23.5 Å². The van der Waals surface area contributed by atoms with Crippen molar-refractivity contribution >= 4 is 5.91 Å². The average molecular weight is 272 g/mol. The van der Waals surface area contributed by atoms with Gasteiger partial charge in [-0.2, -0.15) is 0 Å². The lowest BCUT2D eigenvalue weighted by atomic mass is 9.83. The number of amides is 1. The number of fused-ring (bicyclic) bond motifs is 2. The molecular weight excluding hydrogens is 248 g/mol. The van der Waals surface area contributed by atoms with E-state index in [2.05, 4.69) is 19.1 Å². The number of hydrogen-bond donors (Lipinski definition) is 1. The van der Waals surface area contributed by atoms with Crippen molar-refractivity contribution in [3.05, 3.63) is 35.9 Å². The summed E-state index contributed by atoms with van der Waals surface area (Å²) in [4.78, 5) is 14.7. The van der Waals surface area contributed by atoms with Crippen LogP contribution in [0.25, 0.3) is 0 Å². The molecule has 0 aliphatic heterocycles. The first-order valence-corrected chi connectivity index (χ1v) is 7.66. The fraction of sp³-hybridized carbons (Fsp3) is 0.588. The van der Waals surface area contributed by atoms with Gasteiger partial charge in [-0.15, -0.1) is 0 Å². The van der Waals surface area contributed by atoms with E-state index in [-0.39, 0.29) is 23.9 Å². The minimum absolute atomic E-state index is 0.0462. The van der Waals surface area contributed by atoms with E-state index in [0.717, 1.165) is 6.42 Å². The first-order valence-electron chi connectivity index (χ1n) is 7.66. The summed E-state index contributed by atoms with van der Waals surface area (Å²) in [7, 11) is 1.92. The third kappa shape index (κ3) is 2.14. The van der Waals surface area contributed by atoms with Crippen molar-refractivity contribution in [3.63, 3.8) is 0 Å². The second kappa shape index (κ2) is 5.21. The summed E-state index contributed by atoms with van der Waals surface area (Å²) in [6.07, 6.45) is 3.56. The van der Waals surface area contributed by atoms with E-state index in [1.54, 1.807) is 0 Å². The summed E-state index contributed by atoms with van der Waals surface area (Å²) in [6.45, 7) is 2.09. The van der Waals surface area contributed by atoms with Crippen LogP contribution in [0.4, 0.5) is 0 Å². The van der Waals surface area contributed by atoms with Gasteiger partial charge in [0.1, 0.15) is 0 Å². The van der Waals surface area contributed by atoms with Crippen molar-refractivity contribution in [3.8, 4) is 0 Å². The molecule has 1 aromatic carbocycles. The van der Waals surface area contributed by atoms with E-state index in [9.17, 15) is 4.79 Å². The van der Waals surface area contributed by atoms with Gasteiger partial charge in [-0.3, -0.25) is 4.79 Å². The van der Waals surface area contributed by atoms with E-state index >= 15 is 0 Å². The van der Waals surface area contributed by atoms with Crippen molar-refractivity contribution < 1.29 is 4.79 Å². The first-order chi connectivity index (χ1) is 9.59. The highest BCUT2D eigenvalue weighted by Crippen LogP contribution is 2.48. The van der Waals surface area contributed by atoms with Crippen LogP contribution in [0.3, 0.4) is 0 Å². The predicted molar refractivity (Wildman–Crippen MR) is 79.9 cm³/mol. The summed E-state index contributed by atoms with van der Waals surface area (Å²) >= 11 is 0. The fourth-order valence-corrected chi connectivity index (χ4v) is 4.08.